The Balaban J connectivity index is 3.39. The first-order chi connectivity index (χ1) is 5.04. The van der Waals surface area contributed by atoms with Crippen molar-refractivity contribution in [2.45, 2.75) is 12.5 Å². The van der Waals surface area contributed by atoms with Gasteiger partial charge in [-0.3, -0.25) is 4.79 Å². The number of primary amides is 1. The molecule has 0 saturated heterocycles. The Bertz CT molecular complexity index is 159. The van der Waals surface area contributed by atoms with Gasteiger partial charge in [-0.15, -0.1) is 0 Å². The van der Waals surface area contributed by atoms with E-state index in [1.807, 2.05) is 0 Å². The van der Waals surface area contributed by atoms with Crippen molar-refractivity contribution in [3.8, 4) is 0 Å². The molecule has 1 atom stereocenters. The molecular formula is C5H11N3O3. The van der Waals surface area contributed by atoms with Crippen LogP contribution in [-0.4, -0.2) is 29.7 Å². The summed E-state index contributed by atoms with van der Waals surface area (Å²) >= 11 is 0. The van der Waals surface area contributed by atoms with Crippen LogP contribution < -0.4 is 16.8 Å². The summed E-state index contributed by atoms with van der Waals surface area (Å²) in [6.45, 7) is 0.183. The maximum Gasteiger partial charge on any atom is 0.320 e. The minimum atomic E-state index is -1.09. The van der Waals surface area contributed by atoms with Crippen LogP contribution in [0.3, 0.4) is 0 Å². The van der Waals surface area contributed by atoms with Crippen molar-refractivity contribution in [3.63, 3.8) is 0 Å². The van der Waals surface area contributed by atoms with E-state index in [2.05, 4.69) is 5.32 Å². The number of carbonyl (C=O) groups is 2. The van der Waals surface area contributed by atoms with E-state index in [1.54, 1.807) is 0 Å². The second-order valence-corrected chi connectivity index (χ2v) is 2.02. The van der Waals surface area contributed by atoms with Gasteiger partial charge in [-0.25, -0.2) is 4.79 Å². The molecule has 0 aliphatic heterocycles. The maximum atomic E-state index is 10.1. The maximum absolute atomic E-state index is 10.1. The fraction of sp³-hybridized carbons (Fsp3) is 0.600. The predicted octanol–water partition coefficient (Wildman–Crippen LogP) is -1.54. The number of aliphatic carboxylic acids is 1. The van der Waals surface area contributed by atoms with Crippen molar-refractivity contribution in [1.29, 1.82) is 0 Å². The van der Waals surface area contributed by atoms with Crippen molar-refractivity contribution in [1.82, 2.24) is 5.32 Å². The van der Waals surface area contributed by atoms with Crippen LogP contribution >= 0.6 is 0 Å². The summed E-state index contributed by atoms with van der Waals surface area (Å²) in [5.41, 5.74) is 9.83. The van der Waals surface area contributed by atoms with E-state index < -0.39 is 18.0 Å². The molecule has 0 unspecified atom stereocenters. The standard InChI is InChI=1S/C5H11N3O3/c6-3(4(9)10)1-2-8-5(7)11/h3H,1-2,6H2,(H,9,10)(H3,7,8,11)/t3-/m1/s1. The molecule has 0 heterocycles. The molecule has 0 aliphatic rings. The molecule has 0 aromatic rings. The van der Waals surface area contributed by atoms with E-state index in [0.717, 1.165) is 0 Å². The van der Waals surface area contributed by atoms with Gasteiger partial charge in [0.15, 0.2) is 0 Å². The number of hydrogen-bond donors (Lipinski definition) is 4. The van der Waals surface area contributed by atoms with Crippen molar-refractivity contribution >= 4 is 12.0 Å². The molecule has 0 spiro atoms. The van der Waals surface area contributed by atoms with E-state index >= 15 is 0 Å². The number of carboxylic acid groups (broad SMARTS) is 1. The van der Waals surface area contributed by atoms with Crippen molar-refractivity contribution < 1.29 is 14.7 Å². The van der Waals surface area contributed by atoms with Crippen LogP contribution in [0.4, 0.5) is 4.79 Å². The van der Waals surface area contributed by atoms with Gasteiger partial charge in [-0.1, -0.05) is 0 Å². The third-order valence-corrected chi connectivity index (χ3v) is 1.07. The topological polar surface area (TPSA) is 118 Å². The van der Waals surface area contributed by atoms with Crippen molar-refractivity contribution in [2.24, 2.45) is 11.5 Å². The molecule has 0 bridgehead atoms. The summed E-state index contributed by atoms with van der Waals surface area (Å²) in [4.78, 5) is 20.2. The Kier molecular flexibility index (Phi) is 3.97. The van der Waals surface area contributed by atoms with E-state index in [4.69, 9.17) is 16.6 Å². The number of urea groups is 1. The van der Waals surface area contributed by atoms with Crippen LogP contribution in [0.25, 0.3) is 0 Å². The van der Waals surface area contributed by atoms with Crippen LogP contribution in [-0.2, 0) is 4.79 Å². The Morgan fingerprint density at radius 3 is 2.45 bits per heavy atom. The van der Waals surface area contributed by atoms with Crippen molar-refractivity contribution in [2.75, 3.05) is 6.54 Å². The van der Waals surface area contributed by atoms with Gasteiger partial charge in [0.05, 0.1) is 0 Å². The van der Waals surface area contributed by atoms with Gasteiger partial charge in [-0.2, -0.15) is 0 Å². The first-order valence-electron chi connectivity index (χ1n) is 3.05. The summed E-state index contributed by atoms with van der Waals surface area (Å²) in [7, 11) is 0. The van der Waals surface area contributed by atoms with Gasteiger partial charge >= 0.3 is 12.0 Å². The summed E-state index contributed by atoms with van der Waals surface area (Å²) in [5, 5.41) is 10.5. The third kappa shape index (κ3) is 5.16. The van der Waals surface area contributed by atoms with Crippen LogP contribution in [0, 0.1) is 0 Å². The van der Waals surface area contributed by atoms with E-state index in [-0.39, 0.29) is 13.0 Å². The van der Waals surface area contributed by atoms with E-state index in [9.17, 15) is 9.59 Å². The first kappa shape index (κ1) is 9.70. The lowest BCUT2D eigenvalue weighted by molar-refractivity contribution is -0.138. The second kappa shape index (κ2) is 4.51. The number of nitrogens with one attached hydrogen (secondary N) is 1. The molecular weight excluding hydrogens is 150 g/mol. The largest absolute Gasteiger partial charge is 0.480 e. The fourth-order valence-electron chi connectivity index (χ4n) is 0.474. The summed E-state index contributed by atoms with van der Waals surface area (Å²) < 4.78 is 0. The molecule has 0 fully saturated rings. The number of rotatable bonds is 4. The lowest BCUT2D eigenvalue weighted by Gasteiger charge is -2.05. The third-order valence-electron chi connectivity index (χ3n) is 1.07. The molecule has 0 aromatic heterocycles. The summed E-state index contributed by atoms with van der Waals surface area (Å²) in [5.74, 6) is -1.09. The molecule has 64 valence electrons. The Labute approximate surface area is 63.5 Å². The smallest absolute Gasteiger partial charge is 0.320 e. The van der Waals surface area contributed by atoms with Crippen LogP contribution in [0.15, 0.2) is 0 Å². The zero-order valence-electron chi connectivity index (χ0n) is 5.91. The molecule has 0 aromatic carbocycles. The summed E-state index contributed by atoms with van der Waals surface area (Å²) in [6, 6.07) is -1.62. The molecule has 0 aliphatic carbocycles. The van der Waals surface area contributed by atoms with Gasteiger partial charge < -0.3 is 21.9 Å². The lowest BCUT2D eigenvalue weighted by Crippen LogP contribution is -2.37. The quantitative estimate of drug-likeness (QED) is 0.399. The van der Waals surface area contributed by atoms with Crippen LogP contribution in [0.5, 0.6) is 0 Å². The normalized spacial score (nSPS) is 12.1. The van der Waals surface area contributed by atoms with Gasteiger partial charge in [0.2, 0.25) is 0 Å². The highest BCUT2D eigenvalue weighted by atomic mass is 16.4. The van der Waals surface area contributed by atoms with Gasteiger partial charge in [0.1, 0.15) is 6.04 Å². The molecule has 0 saturated carbocycles. The molecule has 6 nitrogen and oxygen atoms in total. The zero-order valence-corrected chi connectivity index (χ0v) is 5.91. The molecule has 11 heavy (non-hydrogen) atoms. The van der Waals surface area contributed by atoms with Gasteiger partial charge in [0, 0.05) is 6.54 Å². The number of hydrogen-bond acceptors (Lipinski definition) is 3. The molecule has 0 radical (unpaired) electrons. The molecule has 6 N–H and O–H groups in total. The number of amides is 2. The summed E-state index contributed by atoms with van der Waals surface area (Å²) in [6.07, 6.45) is 0.179. The van der Waals surface area contributed by atoms with Gasteiger partial charge in [-0.05, 0) is 6.42 Å². The number of carboxylic acids is 1. The highest BCUT2D eigenvalue weighted by Gasteiger charge is 2.10. The first-order valence-corrected chi connectivity index (χ1v) is 3.05. The number of carbonyl (C=O) groups excluding carboxylic acids is 1. The highest BCUT2D eigenvalue weighted by molar-refractivity contribution is 5.73. The SMILES string of the molecule is NC(=O)NCC[C@@H](N)C(=O)O. The highest BCUT2D eigenvalue weighted by Crippen LogP contribution is 1.84. The van der Waals surface area contributed by atoms with E-state index in [1.165, 1.54) is 0 Å². The predicted molar refractivity (Wildman–Crippen MR) is 37.8 cm³/mol. The van der Waals surface area contributed by atoms with Crippen LogP contribution in [0.1, 0.15) is 6.42 Å². The minimum Gasteiger partial charge on any atom is -0.480 e. The lowest BCUT2D eigenvalue weighted by atomic mass is 10.2. The van der Waals surface area contributed by atoms with Gasteiger partial charge in [0.25, 0.3) is 0 Å². The fourth-order valence-corrected chi connectivity index (χ4v) is 0.474. The average molecular weight is 161 g/mol. The van der Waals surface area contributed by atoms with Crippen LogP contribution in [0.2, 0.25) is 0 Å². The minimum absolute atomic E-state index is 0.179. The van der Waals surface area contributed by atoms with E-state index in [0.29, 0.717) is 0 Å². The Morgan fingerprint density at radius 2 is 2.09 bits per heavy atom. The molecule has 6 heteroatoms. The Morgan fingerprint density at radius 1 is 1.55 bits per heavy atom. The van der Waals surface area contributed by atoms with Crippen molar-refractivity contribution in [3.05, 3.63) is 0 Å². The zero-order chi connectivity index (χ0) is 8.85. The average Bonchev–Trinajstić information content (AvgIpc) is 1.86. The second-order valence-electron chi connectivity index (χ2n) is 2.02. The molecule has 2 amide bonds. The molecule has 0 rings (SSSR count). The monoisotopic (exact) mass is 161 g/mol. The number of nitrogens with two attached hydrogens (primary N) is 2. The Hall–Kier alpha value is -1.30.